The first-order valence-corrected chi connectivity index (χ1v) is 7.73. The molecule has 25 heavy (non-hydrogen) atoms. The maximum Gasteiger partial charge on any atom is 0.229 e. The fraction of sp³-hybridized carbons (Fsp3) is 0.105. The van der Waals surface area contributed by atoms with Crippen LogP contribution in [0.4, 0.5) is 21.8 Å². The summed E-state index contributed by atoms with van der Waals surface area (Å²) in [5.41, 5.74) is 3.06. The summed E-state index contributed by atoms with van der Waals surface area (Å²) < 4.78 is 12.9. The number of benzene rings is 2. The lowest BCUT2D eigenvalue weighted by Gasteiger charge is -2.10. The molecule has 0 fully saturated rings. The van der Waals surface area contributed by atoms with Gasteiger partial charge in [0.15, 0.2) is 0 Å². The van der Waals surface area contributed by atoms with Crippen molar-refractivity contribution in [2.45, 2.75) is 13.5 Å². The summed E-state index contributed by atoms with van der Waals surface area (Å²) in [6, 6.07) is 17.3. The van der Waals surface area contributed by atoms with Crippen LogP contribution >= 0.6 is 0 Å². The lowest BCUT2D eigenvalue weighted by molar-refractivity contribution is 0.627. The molecular formula is C19H16FN5. The molecule has 124 valence electrons. The van der Waals surface area contributed by atoms with Crippen LogP contribution in [0.25, 0.3) is 0 Å². The van der Waals surface area contributed by atoms with Gasteiger partial charge in [-0.1, -0.05) is 18.2 Å². The predicted octanol–water partition coefficient (Wildman–Crippen LogP) is 4.15. The monoisotopic (exact) mass is 333 g/mol. The molecule has 0 unspecified atom stereocenters. The van der Waals surface area contributed by atoms with E-state index in [0.29, 0.717) is 23.9 Å². The van der Waals surface area contributed by atoms with Gasteiger partial charge < -0.3 is 10.6 Å². The van der Waals surface area contributed by atoms with Crippen LogP contribution in [-0.2, 0) is 6.54 Å². The topological polar surface area (TPSA) is 73.6 Å². The number of anilines is 3. The van der Waals surface area contributed by atoms with E-state index < -0.39 is 0 Å². The standard InChI is InChI=1S/C19H16FN5/c1-13-9-18(22-12-14-5-7-16(20)8-6-14)25-19(23-13)24-17-4-2-3-15(10-17)11-21/h2-10H,12H2,1H3,(H2,22,23,24,25). The summed E-state index contributed by atoms with van der Waals surface area (Å²) >= 11 is 0. The normalized spacial score (nSPS) is 10.1. The number of aromatic nitrogens is 2. The van der Waals surface area contributed by atoms with E-state index in [1.54, 1.807) is 30.3 Å². The van der Waals surface area contributed by atoms with E-state index in [-0.39, 0.29) is 5.82 Å². The molecule has 1 aromatic heterocycles. The molecule has 0 aliphatic carbocycles. The second kappa shape index (κ2) is 7.41. The number of nitrogens with one attached hydrogen (secondary N) is 2. The molecule has 3 aromatic rings. The van der Waals surface area contributed by atoms with Crippen LogP contribution < -0.4 is 10.6 Å². The average molecular weight is 333 g/mol. The Balaban J connectivity index is 1.73. The first kappa shape index (κ1) is 16.4. The Bertz CT molecular complexity index is 916. The number of hydrogen-bond donors (Lipinski definition) is 2. The molecule has 0 saturated carbocycles. The van der Waals surface area contributed by atoms with Crippen molar-refractivity contribution in [1.82, 2.24) is 9.97 Å². The number of hydrogen-bond acceptors (Lipinski definition) is 5. The van der Waals surface area contributed by atoms with Crippen LogP contribution in [0.15, 0.2) is 54.6 Å². The zero-order chi connectivity index (χ0) is 17.6. The lowest BCUT2D eigenvalue weighted by Crippen LogP contribution is -2.05. The number of nitrogens with zero attached hydrogens (tertiary/aromatic N) is 3. The van der Waals surface area contributed by atoms with Crippen LogP contribution in [-0.4, -0.2) is 9.97 Å². The van der Waals surface area contributed by atoms with Gasteiger partial charge in [-0.25, -0.2) is 9.37 Å². The number of nitriles is 1. The maximum absolute atomic E-state index is 12.9. The summed E-state index contributed by atoms with van der Waals surface area (Å²) in [6.45, 7) is 2.40. The van der Waals surface area contributed by atoms with E-state index in [1.165, 1.54) is 12.1 Å². The fourth-order valence-electron chi connectivity index (χ4n) is 2.31. The summed E-state index contributed by atoms with van der Waals surface area (Å²) in [6.07, 6.45) is 0. The van der Waals surface area contributed by atoms with Crippen LogP contribution in [0, 0.1) is 24.1 Å². The molecule has 0 bridgehead atoms. The molecule has 0 radical (unpaired) electrons. The minimum absolute atomic E-state index is 0.257. The molecule has 2 aromatic carbocycles. The maximum atomic E-state index is 12.9. The summed E-state index contributed by atoms with van der Waals surface area (Å²) in [5, 5.41) is 15.3. The number of aryl methyl sites for hydroxylation is 1. The molecule has 6 heteroatoms. The third kappa shape index (κ3) is 4.52. The largest absolute Gasteiger partial charge is 0.366 e. The summed E-state index contributed by atoms with van der Waals surface area (Å²) in [4.78, 5) is 8.78. The van der Waals surface area contributed by atoms with E-state index in [2.05, 4.69) is 26.7 Å². The molecule has 1 heterocycles. The van der Waals surface area contributed by atoms with Crippen molar-refractivity contribution in [3.63, 3.8) is 0 Å². The van der Waals surface area contributed by atoms with Crippen LogP contribution in [0.2, 0.25) is 0 Å². The second-order valence-corrected chi connectivity index (χ2v) is 5.52. The van der Waals surface area contributed by atoms with Crippen molar-refractivity contribution in [3.8, 4) is 6.07 Å². The van der Waals surface area contributed by atoms with Gasteiger partial charge in [0.1, 0.15) is 11.6 Å². The molecule has 0 amide bonds. The third-order valence-corrected chi connectivity index (χ3v) is 3.49. The van der Waals surface area contributed by atoms with Gasteiger partial charge in [0.2, 0.25) is 5.95 Å². The highest BCUT2D eigenvalue weighted by molar-refractivity contribution is 5.57. The Morgan fingerprint density at radius 3 is 2.64 bits per heavy atom. The van der Waals surface area contributed by atoms with Gasteiger partial charge in [0.25, 0.3) is 0 Å². The molecule has 0 spiro atoms. The average Bonchev–Trinajstić information content (AvgIpc) is 2.61. The molecule has 5 nitrogen and oxygen atoms in total. The van der Waals surface area contributed by atoms with Gasteiger partial charge >= 0.3 is 0 Å². The molecule has 0 aliphatic heterocycles. The van der Waals surface area contributed by atoms with Gasteiger partial charge in [-0.05, 0) is 42.8 Å². The lowest BCUT2D eigenvalue weighted by atomic mass is 10.2. The molecule has 2 N–H and O–H groups in total. The summed E-state index contributed by atoms with van der Waals surface area (Å²) in [5.74, 6) is 0.847. The minimum Gasteiger partial charge on any atom is -0.366 e. The Labute approximate surface area is 145 Å². The highest BCUT2D eigenvalue weighted by atomic mass is 19.1. The van der Waals surface area contributed by atoms with Crippen LogP contribution in [0.1, 0.15) is 16.8 Å². The van der Waals surface area contributed by atoms with Crippen molar-refractivity contribution >= 4 is 17.5 Å². The molecular weight excluding hydrogens is 317 g/mol. The van der Waals surface area contributed by atoms with Gasteiger partial charge in [-0.2, -0.15) is 10.2 Å². The Morgan fingerprint density at radius 2 is 1.88 bits per heavy atom. The van der Waals surface area contributed by atoms with Gasteiger partial charge in [-0.15, -0.1) is 0 Å². The first-order chi connectivity index (χ1) is 12.1. The fourth-order valence-corrected chi connectivity index (χ4v) is 2.31. The van der Waals surface area contributed by atoms with E-state index in [1.807, 2.05) is 19.1 Å². The van der Waals surface area contributed by atoms with Gasteiger partial charge in [0, 0.05) is 24.0 Å². The Hall–Kier alpha value is -3.46. The Morgan fingerprint density at radius 1 is 1.08 bits per heavy atom. The zero-order valence-electron chi connectivity index (χ0n) is 13.6. The van der Waals surface area contributed by atoms with Crippen molar-refractivity contribution in [1.29, 1.82) is 5.26 Å². The molecule has 0 aliphatic rings. The number of halogens is 1. The smallest absolute Gasteiger partial charge is 0.229 e. The zero-order valence-corrected chi connectivity index (χ0v) is 13.6. The first-order valence-electron chi connectivity index (χ1n) is 7.73. The molecule has 3 rings (SSSR count). The molecule has 0 atom stereocenters. The SMILES string of the molecule is Cc1cc(NCc2ccc(F)cc2)nc(Nc2cccc(C#N)c2)n1. The van der Waals surface area contributed by atoms with E-state index >= 15 is 0 Å². The second-order valence-electron chi connectivity index (χ2n) is 5.52. The summed E-state index contributed by atoms with van der Waals surface area (Å²) in [7, 11) is 0. The van der Waals surface area contributed by atoms with E-state index in [9.17, 15) is 4.39 Å². The highest BCUT2D eigenvalue weighted by Crippen LogP contribution is 2.17. The van der Waals surface area contributed by atoms with Gasteiger partial charge in [-0.3, -0.25) is 0 Å². The van der Waals surface area contributed by atoms with Gasteiger partial charge in [0.05, 0.1) is 11.6 Å². The van der Waals surface area contributed by atoms with Crippen molar-refractivity contribution in [3.05, 3.63) is 77.2 Å². The Kier molecular flexibility index (Phi) is 4.86. The predicted molar refractivity (Wildman–Crippen MR) is 94.9 cm³/mol. The number of rotatable bonds is 5. The van der Waals surface area contributed by atoms with Crippen molar-refractivity contribution < 1.29 is 4.39 Å². The van der Waals surface area contributed by atoms with E-state index in [4.69, 9.17) is 5.26 Å². The minimum atomic E-state index is -0.257. The quantitative estimate of drug-likeness (QED) is 0.734. The van der Waals surface area contributed by atoms with Crippen LogP contribution in [0.3, 0.4) is 0 Å². The third-order valence-electron chi connectivity index (χ3n) is 3.49. The van der Waals surface area contributed by atoms with Crippen molar-refractivity contribution in [2.24, 2.45) is 0 Å². The van der Waals surface area contributed by atoms with Crippen LogP contribution in [0.5, 0.6) is 0 Å². The van der Waals surface area contributed by atoms with E-state index in [0.717, 1.165) is 16.9 Å². The highest BCUT2D eigenvalue weighted by Gasteiger charge is 2.04. The molecule has 0 saturated heterocycles. The van der Waals surface area contributed by atoms with Crippen molar-refractivity contribution in [2.75, 3.05) is 10.6 Å².